The third kappa shape index (κ3) is 4.00. The van der Waals surface area contributed by atoms with Crippen LogP contribution in [0.5, 0.6) is 0 Å². The van der Waals surface area contributed by atoms with Gasteiger partial charge in [0.25, 0.3) is 0 Å². The number of nitrogens with zero attached hydrogens (tertiary/aromatic N) is 1. The maximum atomic E-state index is 12.7. The van der Waals surface area contributed by atoms with E-state index >= 15 is 0 Å². The number of primary amides is 1. The van der Waals surface area contributed by atoms with E-state index in [1.165, 1.54) is 11.1 Å². The van der Waals surface area contributed by atoms with Crippen LogP contribution in [0, 0.1) is 6.92 Å². The highest BCUT2D eigenvalue weighted by molar-refractivity contribution is 5.86. The van der Waals surface area contributed by atoms with Crippen molar-refractivity contribution in [3.05, 3.63) is 35.4 Å². The van der Waals surface area contributed by atoms with Gasteiger partial charge in [-0.3, -0.25) is 4.79 Å². The van der Waals surface area contributed by atoms with Crippen LogP contribution < -0.4 is 11.1 Å². The van der Waals surface area contributed by atoms with E-state index in [9.17, 15) is 9.59 Å². The van der Waals surface area contributed by atoms with Gasteiger partial charge in [-0.15, -0.1) is 0 Å². The smallest absolute Gasteiger partial charge is 0.312 e. The molecule has 1 fully saturated rings. The summed E-state index contributed by atoms with van der Waals surface area (Å²) in [5, 5.41) is 2.49. The minimum atomic E-state index is -0.664. The molecule has 2 unspecified atom stereocenters. The largest absolute Gasteiger partial charge is 0.352 e. The summed E-state index contributed by atoms with van der Waals surface area (Å²) in [6.07, 6.45) is 4.19. The van der Waals surface area contributed by atoms with Gasteiger partial charge >= 0.3 is 6.03 Å². The van der Waals surface area contributed by atoms with Crippen molar-refractivity contribution in [2.45, 2.75) is 51.6 Å². The summed E-state index contributed by atoms with van der Waals surface area (Å²) in [5.41, 5.74) is 7.50. The van der Waals surface area contributed by atoms with Crippen molar-refractivity contribution in [3.63, 3.8) is 0 Å². The molecule has 120 valence electrons. The van der Waals surface area contributed by atoms with Gasteiger partial charge in [0.15, 0.2) is 0 Å². The molecule has 0 radical (unpaired) electrons. The Bertz CT molecular complexity index is 544. The number of carbonyl (C=O) groups is 2. The monoisotopic (exact) mass is 303 g/mol. The third-order valence-electron chi connectivity index (χ3n) is 4.19. The van der Waals surface area contributed by atoms with E-state index in [2.05, 4.69) is 30.4 Å². The number of nitrogens with one attached hydrogen (secondary N) is 1. The minimum Gasteiger partial charge on any atom is -0.352 e. The Morgan fingerprint density at radius 3 is 2.77 bits per heavy atom. The Labute approximate surface area is 131 Å². The van der Waals surface area contributed by atoms with E-state index < -0.39 is 12.1 Å². The fraction of sp³-hybridized carbons (Fsp3) is 0.529. The predicted octanol–water partition coefficient (Wildman–Crippen LogP) is 2.50. The van der Waals surface area contributed by atoms with Crippen molar-refractivity contribution in [3.8, 4) is 0 Å². The summed E-state index contributed by atoms with van der Waals surface area (Å²) in [6, 6.07) is 7.13. The van der Waals surface area contributed by atoms with Crippen LogP contribution in [-0.4, -0.2) is 29.4 Å². The first-order valence-electron chi connectivity index (χ1n) is 7.92. The van der Waals surface area contributed by atoms with Crippen molar-refractivity contribution in [2.75, 3.05) is 6.54 Å². The van der Waals surface area contributed by atoms with Gasteiger partial charge in [0.2, 0.25) is 5.91 Å². The first kappa shape index (κ1) is 16.3. The van der Waals surface area contributed by atoms with Crippen molar-refractivity contribution in [2.24, 2.45) is 5.73 Å². The molecular weight excluding hydrogens is 278 g/mol. The molecule has 5 nitrogen and oxygen atoms in total. The SMILES string of the molecule is Cc1cccc(C2CCCCCN2C(=O)C(C)NC(N)=O)c1. The van der Waals surface area contributed by atoms with Crippen LogP contribution >= 0.6 is 0 Å². The van der Waals surface area contributed by atoms with E-state index in [1.54, 1.807) is 6.92 Å². The molecule has 0 aromatic heterocycles. The normalized spacial score (nSPS) is 20.1. The molecule has 0 saturated carbocycles. The van der Waals surface area contributed by atoms with Crippen LogP contribution in [0.4, 0.5) is 4.79 Å². The number of hydrogen-bond donors (Lipinski definition) is 2. The van der Waals surface area contributed by atoms with Crippen molar-refractivity contribution in [1.82, 2.24) is 10.2 Å². The lowest BCUT2D eigenvalue weighted by Gasteiger charge is -2.32. The van der Waals surface area contributed by atoms with E-state index in [1.807, 2.05) is 11.0 Å². The average molecular weight is 303 g/mol. The lowest BCUT2D eigenvalue weighted by atomic mass is 9.98. The summed E-state index contributed by atoms with van der Waals surface area (Å²) in [5.74, 6) is -0.0628. The van der Waals surface area contributed by atoms with Gasteiger partial charge < -0.3 is 16.0 Å². The highest BCUT2D eigenvalue weighted by atomic mass is 16.2. The Balaban J connectivity index is 2.24. The van der Waals surface area contributed by atoms with Gasteiger partial charge in [0, 0.05) is 6.54 Å². The molecular formula is C17H25N3O2. The summed E-state index contributed by atoms with van der Waals surface area (Å²) in [7, 11) is 0. The molecule has 1 aliphatic rings. The van der Waals surface area contributed by atoms with Gasteiger partial charge in [-0.2, -0.15) is 0 Å². The molecule has 22 heavy (non-hydrogen) atoms. The lowest BCUT2D eigenvalue weighted by Crippen LogP contribution is -2.49. The maximum Gasteiger partial charge on any atom is 0.312 e. The number of carbonyl (C=O) groups excluding carboxylic acids is 2. The van der Waals surface area contributed by atoms with E-state index in [0.717, 1.165) is 32.2 Å². The second-order valence-electron chi connectivity index (χ2n) is 6.04. The van der Waals surface area contributed by atoms with Crippen LogP contribution in [0.25, 0.3) is 0 Å². The predicted molar refractivity (Wildman–Crippen MR) is 86.3 cm³/mol. The first-order valence-corrected chi connectivity index (χ1v) is 7.92. The third-order valence-corrected chi connectivity index (χ3v) is 4.19. The Hall–Kier alpha value is -2.04. The van der Waals surface area contributed by atoms with E-state index in [4.69, 9.17) is 5.73 Å². The Morgan fingerprint density at radius 2 is 2.09 bits per heavy atom. The maximum absolute atomic E-state index is 12.7. The van der Waals surface area contributed by atoms with Gasteiger partial charge in [-0.05, 0) is 32.3 Å². The number of aryl methyl sites for hydroxylation is 1. The van der Waals surface area contributed by atoms with Crippen molar-refractivity contribution < 1.29 is 9.59 Å². The molecule has 1 aliphatic heterocycles. The molecule has 1 aromatic rings. The van der Waals surface area contributed by atoms with Crippen LogP contribution in [0.2, 0.25) is 0 Å². The van der Waals surface area contributed by atoms with Gasteiger partial charge in [-0.25, -0.2) is 4.79 Å². The highest BCUT2D eigenvalue weighted by Gasteiger charge is 2.30. The summed E-state index contributed by atoms with van der Waals surface area (Å²) < 4.78 is 0. The molecule has 1 saturated heterocycles. The highest BCUT2D eigenvalue weighted by Crippen LogP contribution is 2.31. The second kappa shape index (κ2) is 7.29. The quantitative estimate of drug-likeness (QED) is 0.900. The number of likely N-dealkylation sites (tertiary alicyclic amines) is 1. The summed E-state index contributed by atoms with van der Waals surface area (Å²) >= 11 is 0. The molecule has 1 aromatic carbocycles. The topological polar surface area (TPSA) is 75.4 Å². The van der Waals surface area contributed by atoms with Crippen molar-refractivity contribution in [1.29, 1.82) is 0 Å². The summed E-state index contributed by atoms with van der Waals surface area (Å²) in [4.78, 5) is 25.6. The molecule has 3 amide bonds. The average Bonchev–Trinajstić information content (AvgIpc) is 2.71. The van der Waals surface area contributed by atoms with Gasteiger partial charge in [-0.1, -0.05) is 42.7 Å². The molecule has 5 heteroatoms. The fourth-order valence-corrected chi connectivity index (χ4v) is 3.12. The standard InChI is InChI=1S/C17H25N3O2/c1-12-7-6-8-14(11-12)15-9-4-3-5-10-20(15)16(21)13(2)19-17(18)22/h6-8,11,13,15H,3-5,9-10H2,1-2H3,(H3,18,19,22). The summed E-state index contributed by atoms with van der Waals surface area (Å²) in [6.45, 7) is 4.47. The van der Waals surface area contributed by atoms with Crippen LogP contribution in [-0.2, 0) is 4.79 Å². The molecule has 0 spiro atoms. The first-order chi connectivity index (χ1) is 10.5. The minimum absolute atomic E-state index is 0.0628. The zero-order valence-electron chi connectivity index (χ0n) is 13.3. The van der Waals surface area contributed by atoms with Crippen LogP contribution in [0.1, 0.15) is 49.8 Å². The van der Waals surface area contributed by atoms with Gasteiger partial charge in [0.1, 0.15) is 6.04 Å². The zero-order valence-corrected chi connectivity index (χ0v) is 13.3. The number of benzene rings is 1. The molecule has 2 rings (SSSR count). The molecule has 1 heterocycles. The second-order valence-corrected chi connectivity index (χ2v) is 6.04. The lowest BCUT2D eigenvalue weighted by molar-refractivity contribution is -0.135. The molecule has 3 N–H and O–H groups in total. The number of amides is 3. The number of nitrogens with two attached hydrogens (primary N) is 1. The van der Waals surface area contributed by atoms with E-state index in [0.29, 0.717) is 0 Å². The van der Waals surface area contributed by atoms with Crippen LogP contribution in [0.3, 0.4) is 0 Å². The Kier molecular flexibility index (Phi) is 5.41. The van der Waals surface area contributed by atoms with E-state index in [-0.39, 0.29) is 11.9 Å². The fourth-order valence-electron chi connectivity index (χ4n) is 3.12. The van der Waals surface area contributed by atoms with Crippen molar-refractivity contribution >= 4 is 11.9 Å². The van der Waals surface area contributed by atoms with Gasteiger partial charge in [0.05, 0.1) is 6.04 Å². The number of hydrogen-bond acceptors (Lipinski definition) is 2. The van der Waals surface area contributed by atoms with Crippen LogP contribution in [0.15, 0.2) is 24.3 Å². The number of rotatable bonds is 3. The molecule has 2 atom stereocenters. The molecule has 0 aliphatic carbocycles. The zero-order chi connectivity index (χ0) is 16.1. The Morgan fingerprint density at radius 1 is 1.32 bits per heavy atom. The molecule has 0 bridgehead atoms. The number of urea groups is 1.